The Morgan fingerprint density at radius 3 is 2.72 bits per heavy atom. The van der Waals surface area contributed by atoms with Crippen molar-refractivity contribution < 1.29 is 29.0 Å². The average molecular weight is 402 g/mol. The highest BCUT2D eigenvalue weighted by Gasteiger charge is 2.42. The molecule has 1 amide bonds. The third-order valence-corrected chi connectivity index (χ3v) is 5.44. The number of ether oxygens (including phenoxy) is 1. The summed E-state index contributed by atoms with van der Waals surface area (Å²) in [7, 11) is 0. The Balaban J connectivity index is 0.000000755. The highest BCUT2D eigenvalue weighted by Crippen LogP contribution is 2.34. The molecular formula is C21H26N2O6. The number of aliphatic hydroxyl groups excluding tert-OH is 1. The molecule has 8 heteroatoms. The summed E-state index contributed by atoms with van der Waals surface area (Å²) in [5, 5.41) is 16.3. The van der Waals surface area contributed by atoms with Gasteiger partial charge in [-0.25, -0.2) is 4.98 Å². The number of carbonyl (C=O) groups is 2. The van der Waals surface area contributed by atoms with E-state index in [0.29, 0.717) is 30.5 Å². The number of aliphatic hydroxyl groups is 1. The molecule has 1 aliphatic carbocycles. The lowest BCUT2D eigenvalue weighted by molar-refractivity contribution is -0.143. The quantitative estimate of drug-likeness (QED) is 0.751. The lowest BCUT2D eigenvalue weighted by atomic mass is 10.1. The first-order valence-electron chi connectivity index (χ1n) is 9.68. The average Bonchev–Trinajstić information content (AvgIpc) is 3.32. The van der Waals surface area contributed by atoms with Gasteiger partial charge in [0.25, 0.3) is 6.47 Å². The molecule has 1 aliphatic heterocycles. The van der Waals surface area contributed by atoms with Crippen molar-refractivity contribution in [3.05, 3.63) is 41.8 Å². The molecule has 29 heavy (non-hydrogen) atoms. The molecule has 156 valence electrons. The smallest absolute Gasteiger partial charge is 0.290 e. The van der Waals surface area contributed by atoms with E-state index in [4.69, 9.17) is 19.1 Å². The van der Waals surface area contributed by atoms with Gasteiger partial charge in [-0.3, -0.25) is 9.59 Å². The van der Waals surface area contributed by atoms with Crippen LogP contribution in [-0.2, 0) is 20.7 Å². The molecule has 3 atom stereocenters. The van der Waals surface area contributed by atoms with Crippen LogP contribution < -0.4 is 0 Å². The molecule has 4 rings (SSSR count). The number of carboxylic acid groups (broad SMARTS) is 1. The van der Waals surface area contributed by atoms with Crippen molar-refractivity contribution >= 4 is 12.4 Å². The van der Waals surface area contributed by atoms with Gasteiger partial charge in [-0.2, -0.15) is 0 Å². The van der Waals surface area contributed by atoms with Gasteiger partial charge in [-0.15, -0.1) is 0 Å². The maximum Gasteiger partial charge on any atom is 0.290 e. The van der Waals surface area contributed by atoms with E-state index in [0.717, 1.165) is 18.4 Å². The van der Waals surface area contributed by atoms with E-state index in [1.54, 1.807) is 0 Å². The number of carbonyl (C=O) groups excluding carboxylic acids is 1. The zero-order valence-corrected chi connectivity index (χ0v) is 16.4. The molecule has 0 radical (unpaired) electrons. The Hall–Kier alpha value is -2.71. The summed E-state index contributed by atoms with van der Waals surface area (Å²) in [6, 6.07) is 9.76. The van der Waals surface area contributed by atoms with E-state index in [-0.39, 0.29) is 43.5 Å². The first-order valence-corrected chi connectivity index (χ1v) is 9.68. The molecule has 0 spiro atoms. The number of aryl methyl sites for hydroxylation is 1. The van der Waals surface area contributed by atoms with Crippen LogP contribution in [-0.4, -0.2) is 64.4 Å². The Morgan fingerprint density at radius 2 is 2.03 bits per heavy atom. The van der Waals surface area contributed by atoms with Crippen molar-refractivity contribution in [3.63, 3.8) is 0 Å². The largest absolute Gasteiger partial charge is 0.483 e. The van der Waals surface area contributed by atoms with Gasteiger partial charge in [-0.1, -0.05) is 18.2 Å². The molecule has 2 N–H and O–H groups in total. The van der Waals surface area contributed by atoms with Crippen LogP contribution in [0.2, 0.25) is 0 Å². The Labute approximate surface area is 169 Å². The van der Waals surface area contributed by atoms with Crippen LogP contribution in [0, 0.1) is 12.8 Å². The second kappa shape index (κ2) is 9.67. The highest BCUT2D eigenvalue weighted by atomic mass is 16.5. The summed E-state index contributed by atoms with van der Waals surface area (Å²) in [6.07, 6.45) is 1.91. The van der Waals surface area contributed by atoms with Crippen LogP contribution in [0.5, 0.6) is 0 Å². The Bertz CT molecular complexity index is 822. The minimum Gasteiger partial charge on any atom is -0.483 e. The van der Waals surface area contributed by atoms with Crippen molar-refractivity contribution in [3.8, 4) is 11.5 Å². The third-order valence-electron chi connectivity index (χ3n) is 5.44. The topological polar surface area (TPSA) is 113 Å². The molecule has 2 fully saturated rings. The number of oxazole rings is 1. The van der Waals surface area contributed by atoms with Gasteiger partial charge in [0.2, 0.25) is 11.8 Å². The minimum absolute atomic E-state index is 0.0446. The van der Waals surface area contributed by atoms with Gasteiger partial charge in [0.15, 0.2) is 0 Å². The van der Waals surface area contributed by atoms with Crippen LogP contribution in [0.25, 0.3) is 11.5 Å². The molecule has 2 aliphatic rings. The molecule has 1 aromatic carbocycles. The van der Waals surface area contributed by atoms with E-state index in [2.05, 4.69) is 4.98 Å². The van der Waals surface area contributed by atoms with Crippen molar-refractivity contribution in [2.24, 2.45) is 5.92 Å². The third kappa shape index (κ3) is 4.83. The molecular weight excluding hydrogens is 376 g/mol. The summed E-state index contributed by atoms with van der Waals surface area (Å²) in [6.45, 7) is 2.90. The number of nitrogens with zero attached hydrogens (tertiary/aromatic N) is 2. The molecule has 1 saturated heterocycles. The summed E-state index contributed by atoms with van der Waals surface area (Å²) < 4.78 is 11.6. The second-order valence-corrected chi connectivity index (χ2v) is 7.25. The first-order chi connectivity index (χ1) is 14.1. The number of fused-ring (bicyclic) bond motifs is 1. The molecule has 2 heterocycles. The van der Waals surface area contributed by atoms with Crippen molar-refractivity contribution in [1.29, 1.82) is 0 Å². The van der Waals surface area contributed by atoms with Crippen molar-refractivity contribution in [2.45, 2.75) is 38.3 Å². The zero-order valence-electron chi connectivity index (χ0n) is 16.4. The number of benzene rings is 1. The predicted molar refractivity (Wildman–Crippen MR) is 104 cm³/mol. The van der Waals surface area contributed by atoms with E-state index in [9.17, 15) is 9.90 Å². The minimum atomic E-state index is -0.250. The van der Waals surface area contributed by atoms with E-state index < -0.39 is 0 Å². The number of morpholine rings is 1. The first kappa shape index (κ1) is 21.0. The summed E-state index contributed by atoms with van der Waals surface area (Å²) in [5.41, 5.74) is 1.59. The van der Waals surface area contributed by atoms with Gasteiger partial charge in [0.1, 0.15) is 5.76 Å². The van der Waals surface area contributed by atoms with Crippen LogP contribution in [0.1, 0.15) is 24.3 Å². The molecule has 1 unspecified atom stereocenters. The fourth-order valence-corrected chi connectivity index (χ4v) is 4.05. The van der Waals surface area contributed by atoms with E-state index in [1.165, 1.54) is 0 Å². The summed E-state index contributed by atoms with van der Waals surface area (Å²) >= 11 is 0. The molecule has 1 saturated carbocycles. The fourth-order valence-electron chi connectivity index (χ4n) is 4.05. The highest BCUT2D eigenvalue weighted by molar-refractivity contribution is 5.79. The van der Waals surface area contributed by atoms with Gasteiger partial charge < -0.3 is 24.3 Å². The SMILES string of the molecule is Cc1oc(-c2ccccc2)nc1CC(=O)N1CCOC2C[C@H](CO)C[C@@H]21.O=CO. The molecule has 8 nitrogen and oxygen atoms in total. The molecule has 2 aromatic rings. The van der Waals surface area contributed by atoms with Gasteiger partial charge in [-0.05, 0) is 37.8 Å². The predicted octanol–water partition coefficient (Wildman–Crippen LogP) is 1.89. The maximum absolute atomic E-state index is 12.9. The Morgan fingerprint density at radius 1 is 1.31 bits per heavy atom. The summed E-state index contributed by atoms with van der Waals surface area (Å²) in [4.78, 5) is 27.8. The number of aromatic nitrogens is 1. The van der Waals surface area contributed by atoms with Crippen molar-refractivity contribution in [2.75, 3.05) is 19.8 Å². The van der Waals surface area contributed by atoms with Crippen LogP contribution in [0.4, 0.5) is 0 Å². The summed E-state index contributed by atoms with van der Waals surface area (Å²) in [5.74, 6) is 1.50. The fraction of sp³-hybridized carbons (Fsp3) is 0.476. The zero-order chi connectivity index (χ0) is 20.8. The van der Waals surface area contributed by atoms with Gasteiger partial charge in [0, 0.05) is 18.7 Å². The second-order valence-electron chi connectivity index (χ2n) is 7.25. The molecule has 1 aromatic heterocycles. The maximum atomic E-state index is 12.9. The normalized spacial score (nSPS) is 23.1. The standard InChI is InChI=1S/C20H24N2O4.CH2O2/c1-13-16(21-20(26-13)15-5-3-2-4-6-15)11-19(24)22-7-8-25-18-10-14(12-23)9-17(18)22;2-1-3/h2-6,14,17-18,23H,7-12H2,1H3;1H,(H,2,3)/t14-,17+,18?;/m1./s1. The van der Waals surface area contributed by atoms with Crippen molar-refractivity contribution in [1.82, 2.24) is 9.88 Å². The van der Waals surface area contributed by atoms with Gasteiger partial charge >= 0.3 is 0 Å². The monoisotopic (exact) mass is 402 g/mol. The number of rotatable bonds is 4. The lowest BCUT2D eigenvalue weighted by Gasteiger charge is -2.37. The van der Waals surface area contributed by atoms with E-state index >= 15 is 0 Å². The lowest BCUT2D eigenvalue weighted by Crippen LogP contribution is -2.51. The van der Waals surface area contributed by atoms with Crippen LogP contribution in [0.15, 0.2) is 34.7 Å². The Kier molecular flexibility index (Phi) is 7.00. The molecule has 0 bridgehead atoms. The van der Waals surface area contributed by atoms with E-state index in [1.807, 2.05) is 42.2 Å². The van der Waals surface area contributed by atoms with Crippen LogP contribution >= 0.6 is 0 Å². The van der Waals surface area contributed by atoms with Crippen LogP contribution in [0.3, 0.4) is 0 Å². The number of amides is 1. The number of hydrogen-bond donors (Lipinski definition) is 2. The number of hydrogen-bond acceptors (Lipinski definition) is 6. The van der Waals surface area contributed by atoms with Gasteiger partial charge in [0.05, 0.1) is 30.9 Å².